The van der Waals surface area contributed by atoms with Gasteiger partial charge in [-0.2, -0.15) is 0 Å². The summed E-state index contributed by atoms with van der Waals surface area (Å²) < 4.78 is 22.3. The lowest BCUT2D eigenvalue weighted by Gasteiger charge is -2.15. The van der Waals surface area contributed by atoms with Crippen LogP contribution in [0.15, 0.2) is 35.2 Å². The molecule has 1 unspecified atom stereocenters. The molecule has 1 saturated heterocycles. The fourth-order valence-electron chi connectivity index (χ4n) is 2.28. The molecule has 2 rings (SSSR count). The van der Waals surface area contributed by atoms with E-state index in [-0.39, 0.29) is 5.75 Å². The SMILES string of the molecule is CS(=O)(=O)CCN1CCC(CSc2ccccc2)C1. The Morgan fingerprint density at radius 3 is 2.74 bits per heavy atom. The van der Waals surface area contributed by atoms with E-state index in [1.165, 1.54) is 17.6 Å². The maximum Gasteiger partial charge on any atom is 0.148 e. The van der Waals surface area contributed by atoms with Gasteiger partial charge in [-0.3, -0.25) is 0 Å². The standard InChI is InChI=1S/C14H21NO2S2/c1-19(16,17)10-9-15-8-7-13(11-15)12-18-14-5-3-2-4-6-14/h2-6,13H,7-12H2,1H3. The fourth-order valence-corrected chi connectivity index (χ4v) is 3.92. The zero-order valence-electron chi connectivity index (χ0n) is 11.3. The number of likely N-dealkylation sites (tertiary alicyclic amines) is 1. The molecule has 0 spiro atoms. The zero-order chi connectivity index (χ0) is 13.7. The van der Waals surface area contributed by atoms with Gasteiger partial charge < -0.3 is 4.90 Å². The first kappa shape index (κ1) is 14.9. The largest absolute Gasteiger partial charge is 0.302 e. The molecule has 0 aromatic heterocycles. The van der Waals surface area contributed by atoms with Crippen LogP contribution in [0.4, 0.5) is 0 Å². The maximum absolute atomic E-state index is 11.1. The van der Waals surface area contributed by atoms with E-state index in [1.807, 2.05) is 17.8 Å². The number of hydrogen-bond acceptors (Lipinski definition) is 4. The first-order chi connectivity index (χ1) is 9.03. The van der Waals surface area contributed by atoms with Gasteiger partial charge in [0.25, 0.3) is 0 Å². The van der Waals surface area contributed by atoms with Crippen molar-refractivity contribution in [3.05, 3.63) is 30.3 Å². The Bertz CT molecular complexity index is 487. The lowest BCUT2D eigenvalue weighted by atomic mass is 10.2. The van der Waals surface area contributed by atoms with E-state index in [4.69, 9.17) is 0 Å². The molecule has 0 N–H and O–H groups in total. The zero-order valence-corrected chi connectivity index (χ0v) is 12.9. The number of benzene rings is 1. The monoisotopic (exact) mass is 299 g/mol. The molecule has 0 saturated carbocycles. The number of thioether (sulfide) groups is 1. The third-order valence-corrected chi connectivity index (χ3v) is 5.54. The van der Waals surface area contributed by atoms with Crippen molar-refractivity contribution in [1.29, 1.82) is 0 Å². The fraction of sp³-hybridized carbons (Fsp3) is 0.571. The molecule has 1 heterocycles. The number of sulfone groups is 1. The number of hydrogen-bond donors (Lipinski definition) is 0. The molecule has 1 aliphatic rings. The third kappa shape index (κ3) is 5.55. The second kappa shape index (κ2) is 6.77. The normalized spacial score (nSPS) is 20.8. The van der Waals surface area contributed by atoms with Crippen LogP contribution in [0, 0.1) is 5.92 Å². The van der Waals surface area contributed by atoms with Gasteiger partial charge in [-0.15, -0.1) is 11.8 Å². The molecule has 1 aromatic carbocycles. The van der Waals surface area contributed by atoms with Crippen molar-refractivity contribution < 1.29 is 8.42 Å². The molecule has 0 bridgehead atoms. The molecule has 0 amide bonds. The molecule has 1 atom stereocenters. The summed E-state index contributed by atoms with van der Waals surface area (Å²) in [5.41, 5.74) is 0. The summed E-state index contributed by atoms with van der Waals surface area (Å²) in [5.74, 6) is 2.09. The predicted molar refractivity (Wildman–Crippen MR) is 81.4 cm³/mol. The van der Waals surface area contributed by atoms with E-state index < -0.39 is 9.84 Å². The summed E-state index contributed by atoms with van der Waals surface area (Å²) in [6.07, 6.45) is 2.50. The van der Waals surface area contributed by atoms with E-state index in [2.05, 4.69) is 29.2 Å². The summed E-state index contributed by atoms with van der Waals surface area (Å²) in [5, 5.41) is 0. The predicted octanol–water partition coefficient (Wildman–Crippen LogP) is 2.15. The summed E-state index contributed by atoms with van der Waals surface area (Å²) >= 11 is 1.90. The minimum absolute atomic E-state index is 0.283. The third-order valence-electron chi connectivity index (χ3n) is 3.38. The molecular formula is C14H21NO2S2. The van der Waals surface area contributed by atoms with Crippen molar-refractivity contribution in [2.45, 2.75) is 11.3 Å². The molecule has 0 radical (unpaired) electrons. The van der Waals surface area contributed by atoms with Crippen molar-refractivity contribution in [3.63, 3.8) is 0 Å². The average Bonchev–Trinajstić information content (AvgIpc) is 2.82. The second-order valence-corrected chi connectivity index (χ2v) is 8.56. The Morgan fingerprint density at radius 1 is 1.32 bits per heavy atom. The van der Waals surface area contributed by atoms with E-state index in [0.29, 0.717) is 12.5 Å². The molecule has 5 heteroatoms. The van der Waals surface area contributed by atoms with Gasteiger partial charge in [0.15, 0.2) is 0 Å². The van der Waals surface area contributed by atoms with Gasteiger partial charge in [0.05, 0.1) is 5.75 Å². The highest BCUT2D eigenvalue weighted by molar-refractivity contribution is 7.99. The summed E-state index contributed by atoms with van der Waals surface area (Å²) in [6, 6.07) is 10.4. The van der Waals surface area contributed by atoms with Gasteiger partial charge in [0.2, 0.25) is 0 Å². The molecule has 0 aliphatic carbocycles. The van der Waals surface area contributed by atoms with Gasteiger partial charge in [-0.05, 0) is 31.0 Å². The minimum atomic E-state index is -2.83. The van der Waals surface area contributed by atoms with Crippen LogP contribution in [0.1, 0.15) is 6.42 Å². The minimum Gasteiger partial charge on any atom is -0.302 e. The molecular weight excluding hydrogens is 278 g/mol. The Labute approximate surface area is 120 Å². The van der Waals surface area contributed by atoms with Crippen LogP contribution in [0.5, 0.6) is 0 Å². The summed E-state index contributed by atoms with van der Waals surface area (Å²) in [6.45, 7) is 2.76. The van der Waals surface area contributed by atoms with Gasteiger partial charge in [0, 0.05) is 30.0 Å². The van der Waals surface area contributed by atoms with Crippen LogP contribution in [-0.2, 0) is 9.84 Å². The second-order valence-electron chi connectivity index (χ2n) is 5.21. The Balaban J connectivity index is 1.70. The van der Waals surface area contributed by atoms with E-state index in [0.717, 1.165) is 18.8 Å². The molecule has 19 heavy (non-hydrogen) atoms. The Morgan fingerprint density at radius 2 is 2.05 bits per heavy atom. The van der Waals surface area contributed by atoms with Crippen molar-refractivity contribution in [3.8, 4) is 0 Å². The van der Waals surface area contributed by atoms with E-state index in [9.17, 15) is 8.42 Å². The summed E-state index contributed by atoms with van der Waals surface area (Å²) in [7, 11) is -2.83. The highest BCUT2D eigenvalue weighted by atomic mass is 32.2. The smallest absolute Gasteiger partial charge is 0.148 e. The topological polar surface area (TPSA) is 37.4 Å². The summed E-state index contributed by atoms with van der Waals surface area (Å²) in [4.78, 5) is 3.59. The van der Waals surface area contributed by atoms with E-state index >= 15 is 0 Å². The van der Waals surface area contributed by atoms with Crippen LogP contribution in [0.25, 0.3) is 0 Å². The van der Waals surface area contributed by atoms with Crippen LogP contribution in [0.2, 0.25) is 0 Å². The van der Waals surface area contributed by atoms with Crippen molar-refractivity contribution in [1.82, 2.24) is 4.90 Å². The van der Waals surface area contributed by atoms with Gasteiger partial charge in [-0.1, -0.05) is 18.2 Å². The average molecular weight is 299 g/mol. The van der Waals surface area contributed by atoms with Gasteiger partial charge in [-0.25, -0.2) is 8.42 Å². The molecule has 1 aromatic rings. The first-order valence-electron chi connectivity index (χ1n) is 6.61. The molecule has 1 aliphatic heterocycles. The van der Waals surface area contributed by atoms with Crippen LogP contribution >= 0.6 is 11.8 Å². The highest BCUT2D eigenvalue weighted by Crippen LogP contribution is 2.25. The lowest BCUT2D eigenvalue weighted by Crippen LogP contribution is -2.27. The van der Waals surface area contributed by atoms with Crippen molar-refractivity contribution >= 4 is 21.6 Å². The van der Waals surface area contributed by atoms with Crippen LogP contribution in [0.3, 0.4) is 0 Å². The van der Waals surface area contributed by atoms with Crippen molar-refractivity contribution in [2.24, 2.45) is 5.92 Å². The van der Waals surface area contributed by atoms with E-state index in [1.54, 1.807) is 0 Å². The maximum atomic E-state index is 11.1. The Kier molecular flexibility index (Phi) is 5.30. The number of nitrogens with zero attached hydrogens (tertiary/aromatic N) is 1. The van der Waals surface area contributed by atoms with Gasteiger partial charge >= 0.3 is 0 Å². The molecule has 106 valence electrons. The van der Waals surface area contributed by atoms with Gasteiger partial charge in [0.1, 0.15) is 9.84 Å². The molecule has 1 fully saturated rings. The quantitative estimate of drug-likeness (QED) is 0.754. The lowest BCUT2D eigenvalue weighted by molar-refractivity contribution is 0.348. The Hall–Kier alpha value is -0.520. The van der Waals surface area contributed by atoms with Crippen molar-refractivity contribution in [2.75, 3.05) is 37.4 Å². The van der Waals surface area contributed by atoms with Crippen LogP contribution in [-0.4, -0.2) is 50.7 Å². The number of rotatable bonds is 6. The molecule has 3 nitrogen and oxygen atoms in total. The first-order valence-corrected chi connectivity index (χ1v) is 9.65. The van der Waals surface area contributed by atoms with Crippen LogP contribution < -0.4 is 0 Å². The highest BCUT2D eigenvalue weighted by Gasteiger charge is 2.22.